The molecule has 2 amide bonds. The fraction of sp³-hybridized carbons (Fsp3) is 0.636. The molecule has 0 saturated heterocycles. The average Bonchev–Trinajstić information content (AvgIpc) is 3.02. The van der Waals surface area contributed by atoms with Crippen molar-refractivity contribution in [3.63, 3.8) is 0 Å². The predicted octanol–water partition coefficient (Wildman–Crippen LogP) is 2.25. The van der Waals surface area contributed by atoms with E-state index in [0.29, 0.717) is 17.5 Å². The highest BCUT2D eigenvalue weighted by Gasteiger charge is 2.32. The van der Waals surface area contributed by atoms with E-state index in [0.717, 1.165) is 0 Å². The number of nitrogens with zero attached hydrogens (tertiary/aromatic N) is 2. The van der Waals surface area contributed by atoms with E-state index in [9.17, 15) is 4.79 Å². The van der Waals surface area contributed by atoms with Gasteiger partial charge in [0.05, 0.1) is 0 Å². The van der Waals surface area contributed by atoms with Crippen LogP contribution in [0.25, 0.3) is 0 Å². The molecule has 88 valence electrons. The number of aryl methyl sites for hydroxylation is 1. The van der Waals surface area contributed by atoms with Crippen LogP contribution in [-0.4, -0.2) is 29.2 Å². The number of amides is 2. The van der Waals surface area contributed by atoms with E-state index < -0.39 is 0 Å². The van der Waals surface area contributed by atoms with Gasteiger partial charge in [0.25, 0.3) is 0 Å². The third-order valence-corrected chi connectivity index (χ3v) is 3.10. The first kappa shape index (κ1) is 11.0. The van der Waals surface area contributed by atoms with Crippen LogP contribution in [0, 0.1) is 12.8 Å². The van der Waals surface area contributed by atoms with Crippen LogP contribution < -0.4 is 5.32 Å². The molecule has 0 spiro atoms. The quantitative estimate of drug-likeness (QED) is 0.855. The molecule has 16 heavy (non-hydrogen) atoms. The normalized spacial score (nSPS) is 16.9. The lowest BCUT2D eigenvalue weighted by molar-refractivity contribution is 0.201. The molecule has 0 aliphatic heterocycles. The van der Waals surface area contributed by atoms with Crippen molar-refractivity contribution in [3.8, 4) is 0 Å². The third-order valence-electron chi connectivity index (χ3n) is 3.10. The summed E-state index contributed by atoms with van der Waals surface area (Å²) in [5.41, 5.74) is 0. The lowest BCUT2D eigenvalue weighted by Gasteiger charge is -2.24. The maximum atomic E-state index is 11.8. The smallest absolute Gasteiger partial charge is 0.323 e. The van der Waals surface area contributed by atoms with E-state index in [1.807, 2.05) is 7.05 Å². The Morgan fingerprint density at radius 2 is 2.38 bits per heavy atom. The van der Waals surface area contributed by atoms with Gasteiger partial charge in [-0.25, -0.2) is 4.79 Å². The molecule has 0 radical (unpaired) electrons. The molecule has 1 aliphatic carbocycles. The number of hydrogen-bond donors (Lipinski definition) is 1. The molecule has 1 unspecified atom stereocenters. The highest BCUT2D eigenvalue weighted by Crippen LogP contribution is 2.34. The highest BCUT2D eigenvalue weighted by molar-refractivity contribution is 5.88. The minimum Gasteiger partial charge on any atom is -0.360 e. The molecule has 1 N–H and O–H groups in total. The fourth-order valence-electron chi connectivity index (χ4n) is 1.70. The van der Waals surface area contributed by atoms with Crippen molar-refractivity contribution in [2.75, 3.05) is 12.4 Å². The summed E-state index contributed by atoms with van der Waals surface area (Å²) in [6.45, 7) is 3.87. The molecule has 1 atom stereocenters. The van der Waals surface area contributed by atoms with Gasteiger partial charge in [0.2, 0.25) is 0 Å². The molecule has 1 aliphatic rings. The minimum absolute atomic E-state index is 0.132. The predicted molar refractivity (Wildman–Crippen MR) is 60.2 cm³/mol. The third kappa shape index (κ3) is 2.35. The Bertz CT molecular complexity index is 384. The van der Waals surface area contributed by atoms with Gasteiger partial charge >= 0.3 is 6.03 Å². The number of rotatable bonds is 3. The van der Waals surface area contributed by atoms with Crippen molar-refractivity contribution in [1.82, 2.24) is 10.1 Å². The van der Waals surface area contributed by atoms with Crippen LogP contribution in [0.1, 0.15) is 25.5 Å². The summed E-state index contributed by atoms with van der Waals surface area (Å²) >= 11 is 0. The van der Waals surface area contributed by atoms with Crippen LogP contribution in [0.2, 0.25) is 0 Å². The Balaban J connectivity index is 1.91. The SMILES string of the molecule is Cc1cc(NC(=O)N(C)C(C)C2CC2)no1. The first-order chi connectivity index (χ1) is 7.58. The second-order valence-electron chi connectivity index (χ2n) is 4.44. The van der Waals surface area contributed by atoms with Gasteiger partial charge in [-0.1, -0.05) is 5.16 Å². The Morgan fingerprint density at radius 3 is 2.88 bits per heavy atom. The monoisotopic (exact) mass is 223 g/mol. The van der Waals surface area contributed by atoms with Crippen molar-refractivity contribution in [2.45, 2.75) is 32.7 Å². The summed E-state index contributed by atoms with van der Waals surface area (Å²) in [5.74, 6) is 1.82. The second-order valence-corrected chi connectivity index (χ2v) is 4.44. The Labute approximate surface area is 94.8 Å². The van der Waals surface area contributed by atoms with Gasteiger partial charge in [-0.05, 0) is 32.6 Å². The molecule has 1 fully saturated rings. The zero-order chi connectivity index (χ0) is 11.7. The average molecular weight is 223 g/mol. The molecule has 0 bridgehead atoms. The van der Waals surface area contributed by atoms with Crippen molar-refractivity contribution < 1.29 is 9.32 Å². The van der Waals surface area contributed by atoms with Gasteiger partial charge in [0.1, 0.15) is 5.76 Å². The largest absolute Gasteiger partial charge is 0.360 e. The summed E-state index contributed by atoms with van der Waals surface area (Å²) in [7, 11) is 1.81. The van der Waals surface area contributed by atoms with E-state index in [4.69, 9.17) is 4.52 Å². The highest BCUT2D eigenvalue weighted by atomic mass is 16.5. The minimum atomic E-state index is -0.132. The van der Waals surface area contributed by atoms with Crippen LogP contribution >= 0.6 is 0 Å². The van der Waals surface area contributed by atoms with Crippen molar-refractivity contribution in [1.29, 1.82) is 0 Å². The fourth-order valence-corrected chi connectivity index (χ4v) is 1.70. The molecule has 5 heteroatoms. The number of carbonyl (C=O) groups is 1. The lowest BCUT2D eigenvalue weighted by Crippen LogP contribution is -2.39. The number of anilines is 1. The summed E-state index contributed by atoms with van der Waals surface area (Å²) in [4.78, 5) is 13.6. The summed E-state index contributed by atoms with van der Waals surface area (Å²) < 4.78 is 4.88. The van der Waals surface area contributed by atoms with Crippen molar-refractivity contribution >= 4 is 11.8 Å². The number of carbonyl (C=O) groups excluding carboxylic acids is 1. The summed E-state index contributed by atoms with van der Waals surface area (Å²) in [5, 5.41) is 6.43. The second kappa shape index (κ2) is 4.15. The Morgan fingerprint density at radius 1 is 1.69 bits per heavy atom. The Kier molecular flexibility index (Phi) is 2.85. The molecule has 1 saturated carbocycles. The van der Waals surface area contributed by atoms with Gasteiger partial charge in [-0.3, -0.25) is 5.32 Å². The van der Waals surface area contributed by atoms with Crippen LogP contribution in [0.5, 0.6) is 0 Å². The van der Waals surface area contributed by atoms with E-state index in [1.165, 1.54) is 12.8 Å². The van der Waals surface area contributed by atoms with E-state index >= 15 is 0 Å². The molecule has 0 aromatic carbocycles. The van der Waals surface area contributed by atoms with Crippen LogP contribution in [0.15, 0.2) is 10.6 Å². The standard InChI is InChI=1S/C11H17N3O2/c1-7-6-10(13-16-7)12-11(15)14(3)8(2)9-4-5-9/h6,8-9H,4-5H2,1-3H3,(H,12,13,15). The lowest BCUT2D eigenvalue weighted by atomic mass is 10.2. The zero-order valence-corrected chi connectivity index (χ0v) is 9.86. The maximum Gasteiger partial charge on any atom is 0.323 e. The zero-order valence-electron chi connectivity index (χ0n) is 9.86. The first-order valence-corrected chi connectivity index (χ1v) is 5.55. The molecule has 2 rings (SSSR count). The maximum absolute atomic E-state index is 11.8. The van der Waals surface area contributed by atoms with Crippen LogP contribution in [0.3, 0.4) is 0 Å². The molecule has 1 aromatic heterocycles. The topological polar surface area (TPSA) is 58.4 Å². The number of aromatic nitrogens is 1. The van der Waals surface area contributed by atoms with Gasteiger partial charge in [0, 0.05) is 19.2 Å². The molecular weight excluding hydrogens is 206 g/mol. The number of nitrogens with one attached hydrogen (secondary N) is 1. The van der Waals surface area contributed by atoms with Gasteiger partial charge in [0.15, 0.2) is 5.82 Å². The molecule has 1 aromatic rings. The summed E-state index contributed by atoms with van der Waals surface area (Å²) in [6, 6.07) is 1.86. The van der Waals surface area contributed by atoms with E-state index in [-0.39, 0.29) is 12.1 Å². The van der Waals surface area contributed by atoms with Crippen molar-refractivity contribution in [3.05, 3.63) is 11.8 Å². The van der Waals surface area contributed by atoms with Gasteiger partial charge < -0.3 is 9.42 Å². The van der Waals surface area contributed by atoms with Crippen LogP contribution in [0.4, 0.5) is 10.6 Å². The van der Waals surface area contributed by atoms with E-state index in [2.05, 4.69) is 17.4 Å². The van der Waals surface area contributed by atoms with Crippen molar-refractivity contribution in [2.24, 2.45) is 5.92 Å². The number of urea groups is 1. The first-order valence-electron chi connectivity index (χ1n) is 5.55. The summed E-state index contributed by atoms with van der Waals surface area (Å²) in [6.07, 6.45) is 2.45. The van der Waals surface area contributed by atoms with E-state index in [1.54, 1.807) is 17.9 Å². The number of hydrogen-bond acceptors (Lipinski definition) is 3. The molecule has 5 nitrogen and oxygen atoms in total. The van der Waals surface area contributed by atoms with Gasteiger partial charge in [-0.2, -0.15) is 0 Å². The van der Waals surface area contributed by atoms with Crippen LogP contribution in [-0.2, 0) is 0 Å². The molecule has 1 heterocycles. The molecular formula is C11H17N3O2. The van der Waals surface area contributed by atoms with Gasteiger partial charge in [-0.15, -0.1) is 0 Å². The Hall–Kier alpha value is -1.52.